The molecule has 2 aromatic rings. The largest absolute Gasteiger partial charge is 0.371 e. The monoisotopic (exact) mass is 388 g/mol. The molecular formula is C18H20N4O4S. The Labute approximate surface area is 160 Å². The highest BCUT2D eigenvalue weighted by Crippen LogP contribution is 2.28. The van der Waals surface area contributed by atoms with E-state index in [-0.39, 0.29) is 23.2 Å². The van der Waals surface area contributed by atoms with Crippen molar-refractivity contribution in [3.05, 3.63) is 55.8 Å². The van der Waals surface area contributed by atoms with E-state index in [1.165, 1.54) is 23.5 Å². The van der Waals surface area contributed by atoms with Crippen molar-refractivity contribution in [1.82, 2.24) is 5.32 Å². The highest BCUT2D eigenvalue weighted by molar-refractivity contribution is 7.13. The summed E-state index contributed by atoms with van der Waals surface area (Å²) in [5.41, 5.74) is 5.97. The molecule has 1 aromatic carbocycles. The summed E-state index contributed by atoms with van der Waals surface area (Å²) in [5.74, 6) is -0.767. The SMILES string of the molecule is Cc1ccc(C(=O)NC2CCN(c3ccc([N+](=O)[O-])cc3C(N)=O)CC2)s1. The van der Waals surface area contributed by atoms with Gasteiger partial charge in [0.2, 0.25) is 0 Å². The van der Waals surface area contributed by atoms with E-state index < -0.39 is 10.8 Å². The minimum absolute atomic E-state index is 0.0474. The molecule has 9 heteroatoms. The van der Waals surface area contributed by atoms with Crippen LogP contribution in [0.4, 0.5) is 11.4 Å². The lowest BCUT2D eigenvalue weighted by Gasteiger charge is -2.34. The number of nitro groups is 1. The fourth-order valence-electron chi connectivity index (χ4n) is 3.19. The van der Waals surface area contributed by atoms with Gasteiger partial charge in [0.15, 0.2) is 0 Å². The molecule has 1 aliphatic rings. The van der Waals surface area contributed by atoms with E-state index in [2.05, 4.69) is 5.32 Å². The maximum Gasteiger partial charge on any atom is 0.270 e. The highest BCUT2D eigenvalue weighted by Gasteiger charge is 2.25. The van der Waals surface area contributed by atoms with Gasteiger partial charge < -0.3 is 16.0 Å². The van der Waals surface area contributed by atoms with Gasteiger partial charge in [-0.25, -0.2) is 0 Å². The van der Waals surface area contributed by atoms with Crippen molar-refractivity contribution in [1.29, 1.82) is 0 Å². The van der Waals surface area contributed by atoms with Crippen molar-refractivity contribution in [2.75, 3.05) is 18.0 Å². The lowest BCUT2D eigenvalue weighted by Crippen LogP contribution is -2.45. The second-order valence-electron chi connectivity index (χ2n) is 6.47. The Morgan fingerprint density at radius 2 is 1.96 bits per heavy atom. The quantitative estimate of drug-likeness (QED) is 0.602. The maximum absolute atomic E-state index is 12.3. The van der Waals surface area contributed by atoms with Gasteiger partial charge in [0.1, 0.15) is 0 Å². The molecule has 0 unspecified atom stereocenters. The minimum Gasteiger partial charge on any atom is -0.371 e. The van der Waals surface area contributed by atoms with E-state index in [0.29, 0.717) is 36.5 Å². The van der Waals surface area contributed by atoms with Crippen LogP contribution in [0.25, 0.3) is 0 Å². The summed E-state index contributed by atoms with van der Waals surface area (Å²) in [6, 6.07) is 7.93. The summed E-state index contributed by atoms with van der Waals surface area (Å²) in [7, 11) is 0. The van der Waals surface area contributed by atoms with E-state index >= 15 is 0 Å². The Kier molecular flexibility index (Phi) is 5.41. The van der Waals surface area contributed by atoms with Crippen molar-refractivity contribution in [3.8, 4) is 0 Å². The van der Waals surface area contributed by atoms with Crippen LogP contribution < -0.4 is 16.0 Å². The predicted molar refractivity (Wildman–Crippen MR) is 103 cm³/mol. The van der Waals surface area contributed by atoms with E-state index in [1.807, 2.05) is 24.0 Å². The molecule has 142 valence electrons. The standard InChI is InChI=1S/C18H20N4O4S/c1-11-2-5-16(27-11)18(24)20-12-6-8-21(9-7-12)15-4-3-13(22(25)26)10-14(15)17(19)23/h2-5,10,12H,6-9H2,1H3,(H2,19,23)(H,20,24). The summed E-state index contributed by atoms with van der Waals surface area (Å²) in [4.78, 5) is 38.1. The normalized spacial score (nSPS) is 14.8. The average molecular weight is 388 g/mol. The number of carbonyl (C=O) groups excluding carboxylic acids is 2. The molecule has 2 amide bonds. The summed E-state index contributed by atoms with van der Waals surface area (Å²) in [6.45, 7) is 3.19. The third kappa shape index (κ3) is 4.25. The molecule has 1 fully saturated rings. The lowest BCUT2D eigenvalue weighted by atomic mass is 10.0. The number of thiophene rings is 1. The molecule has 8 nitrogen and oxygen atoms in total. The number of anilines is 1. The molecule has 1 saturated heterocycles. The number of primary amides is 1. The van der Waals surface area contributed by atoms with Crippen LogP contribution in [0.5, 0.6) is 0 Å². The van der Waals surface area contributed by atoms with Gasteiger partial charge in [-0.05, 0) is 38.0 Å². The van der Waals surface area contributed by atoms with Gasteiger partial charge in [0, 0.05) is 36.1 Å². The molecule has 0 aliphatic carbocycles. The maximum atomic E-state index is 12.3. The molecule has 1 aromatic heterocycles. The Morgan fingerprint density at radius 3 is 2.52 bits per heavy atom. The Bertz CT molecular complexity index is 887. The fraction of sp³-hybridized carbons (Fsp3) is 0.333. The van der Waals surface area contributed by atoms with E-state index in [1.54, 1.807) is 6.07 Å². The topological polar surface area (TPSA) is 119 Å². The van der Waals surface area contributed by atoms with Crippen molar-refractivity contribution < 1.29 is 14.5 Å². The molecule has 3 N–H and O–H groups in total. The fourth-order valence-corrected chi connectivity index (χ4v) is 3.96. The summed E-state index contributed by atoms with van der Waals surface area (Å²) >= 11 is 1.46. The highest BCUT2D eigenvalue weighted by atomic mass is 32.1. The number of rotatable bonds is 5. The first-order chi connectivity index (χ1) is 12.8. The van der Waals surface area contributed by atoms with Gasteiger partial charge in [-0.3, -0.25) is 19.7 Å². The minimum atomic E-state index is -0.697. The molecule has 0 spiro atoms. The third-order valence-electron chi connectivity index (χ3n) is 4.59. The number of hydrogen-bond donors (Lipinski definition) is 2. The second kappa shape index (κ2) is 7.75. The van der Waals surface area contributed by atoms with Crippen LogP contribution in [0.1, 0.15) is 37.7 Å². The van der Waals surface area contributed by atoms with E-state index in [9.17, 15) is 19.7 Å². The van der Waals surface area contributed by atoms with Crippen molar-refractivity contribution in [2.24, 2.45) is 5.73 Å². The van der Waals surface area contributed by atoms with Gasteiger partial charge in [-0.15, -0.1) is 11.3 Å². The van der Waals surface area contributed by atoms with Gasteiger partial charge in [0.05, 0.1) is 21.1 Å². The summed E-state index contributed by atoms with van der Waals surface area (Å²) < 4.78 is 0. The Hall–Kier alpha value is -2.94. The van der Waals surface area contributed by atoms with Crippen LogP contribution in [-0.2, 0) is 0 Å². The number of carbonyl (C=O) groups is 2. The predicted octanol–water partition coefficient (Wildman–Crippen LogP) is 2.46. The van der Waals surface area contributed by atoms with Gasteiger partial charge in [-0.1, -0.05) is 0 Å². The number of amides is 2. The molecule has 0 bridgehead atoms. The van der Waals surface area contributed by atoms with Crippen molar-refractivity contribution >= 4 is 34.5 Å². The van der Waals surface area contributed by atoms with Gasteiger partial charge >= 0.3 is 0 Å². The number of nitro benzene ring substituents is 1. The number of nitrogens with zero attached hydrogens (tertiary/aromatic N) is 2. The molecule has 0 saturated carbocycles. The molecule has 27 heavy (non-hydrogen) atoms. The van der Waals surface area contributed by atoms with Gasteiger partial charge in [-0.2, -0.15) is 0 Å². The Morgan fingerprint density at radius 1 is 1.26 bits per heavy atom. The van der Waals surface area contributed by atoms with E-state index in [4.69, 9.17) is 5.73 Å². The number of piperidine rings is 1. The molecule has 0 atom stereocenters. The first kappa shape index (κ1) is 18.8. The van der Waals surface area contributed by atoms with Crippen LogP contribution in [0.3, 0.4) is 0 Å². The van der Waals surface area contributed by atoms with Crippen molar-refractivity contribution in [3.63, 3.8) is 0 Å². The number of aryl methyl sites for hydroxylation is 1. The second-order valence-corrected chi connectivity index (χ2v) is 7.76. The van der Waals surface area contributed by atoms with Crippen molar-refractivity contribution in [2.45, 2.75) is 25.8 Å². The molecule has 3 rings (SSSR count). The van der Waals surface area contributed by atoms with Crippen LogP contribution in [0, 0.1) is 17.0 Å². The summed E-state index contributed by atoms with van der Waals surface area (Å²) in [6.07, 6.45) is 1.43. The molecule has 0 radical (unpaired) electrons. The lowest BCUT2D eigenvalue weighted by molar-refractivity contribution is -0.384. The number of hydrogen-bond acceptors (Lipinski definition) is 6. The summed E-state index contributed by atoms with van der Waals surface area (Å²) in [5, 5.41) is 14.0. The first-order valence-electron chi connectivity index (χ1n) is 8.55. The zero-order chi connectivity index (χ0) is 19.6. The van der Waals surface area contributed by atoms with Crippen LogP contribution in [-0.4, -0.2) is 35.9 Å². The number of non-ortho nitro benzene ring substituents is 1. The number of nitrogens with two attached hydrogens (primary N) is 1. The van der Waals surface area contributed by atoms with Crippen LogP contribution >= 0.6 is 11.3 Å². The third-order valence-corrected chi connectivity index (χ3v) is 5.59. The smallest absolute Gasteiger partial charge is 0.270 e. The molecule has 1 aliphatic heterocycles. The number of nitrogens with one attached hydrogen (secondary N) is 1. The number of benzene rings is 1. The first-order valence-corrected chi connectivity index (χ1v) is 9.37. The van der Waals surface area contributed by atoms with Crippen LogP contribution in [0.15, 0.2) is 30.3 Å². The van der Waals surface area contributed by atoms with Crippen LogP contribution in [0.2, 0.25) is 0 Å². The van der Waals surface area contributed by atoms with E-state index in [0.717, 1.165) is 4.88 Å². The average Bonchev–Trinajstić information content (AvgIpc) is 3.08. The molecule has 2 heterocycles. The van der Waals surface area contributed by atoms with Gasteiger partial charge in [0.25, 0.3) is 17.5 Å². The zero-order valence-corrected chi connectivity index (χ0v) is 15.6. The Balaban J connectivity index is 1.66. The molecular weight excluding hydrogens is 368 g/mol. The zero-order valence-electron chi connectivity index (χ0n) is 14.8.